The van der Waals surface area contributed by atoms with Gasteiger partial charge in [0, 0.05) is 12.1 Å². The van der Waals surface area contributed by atoms with Gasteiger partial charge in [0.2, 0.25) is 0 Å². The maximum absolute atomic E-state index is 12.2. The van der Waals surface area contributed by atoms with E-state index in [1.807, 2.05) is 36.4 Å². The molecule has 2 aliphatic rings. The summed E-state index contributed by atoms with van der Waals surface area (Å²) in [4.78, 5) is 24.5. The summed E-state index contributed by atoms with van der Waals surface area (Å²) >= 11 is 0. The van der Waals surface area contributed by atoms with Crippen LogP contribution in [0.15, 0.2) is 41.6 Å². The third-order valence-corrected chi connectivity index (χ3v) is 4.42. The average Bonchev–Trinajstić information content (AvgIpc) is 2.62. The Labute approximate surface area is 140 Å². The zero-order chi connectivity index (χ0) is 16.9. The number of fused-ring (bicyclic) bond motifs is 1. The second-order valence-electron chi connectivity index (χ2n) is 6.04. The molecule has 6 heteroatoms. The Morgan fingerprint density at radius 2 is 1.83 bits per heavy atom. The van der Waals surface area contributed by atoms with E-state index in [1.165, 1.54) is 0 Å². The molecule has 1 saturated heterocycles. The number of rotatable bonds is 3. The molecule has 0 bridgehead atoms. The highest BCUT2D eigenvalue weighted by molar-refractivity contribution is 6.05. The van der Waals surface area contributed by atoms with Gasteiger partial charge in [0.15, 0.2) is 5.57 Å². The minimum atomic E-state index is -0.784. The molecule has 0 radical (unpaired) electrons. The van der Waals surface area contributed by atoms with Crippen LogP contribution in [0.4, 0.5) is 0 Å². The number of hydrogen-bond donors (Lipinski definition) is 2. The van der Waals surface area contributed by atoms with E-state index in [2.05, 4.69) is 10.6 Å². The van der Waals surface area contributed by atoms with Gasteiger partial charge in [-0.05, 0) is 18.4 Å². The number of carbonyl (C=O) groups excluding carboxylic acids is 2. The molecule has 0 spiro atoms. The Balaban J connectivity index is 1.73. The molecule has 1 amide bonds. The van der Waals surface area contributed by atoms with Gasteiger partial charge in [0.1, 0.15) is 18.4 Å². The van der Waals surface area contributed by atoms with Crippen molar-refractivity contribution in [3.8, 4) is 6.07 Å². The van der Waals surface area contributed by atoms with Crippen molar-refractivity contribution in [2.24, 2.45) is 0 Å². The van der Waals surface area contributed by atoms with Crippen molar-refractivity contribution in [2.75, 3.05) is 0 Å². The molecule has 2 fully saturated rings. The minimum absolute atomic E-state index is 0.0266. The molecule has 1 saturated carbocycles. The summed E-state index contributed by atoms with van der Waals surface area (Å²) in [5, 5.41) is 15.3. The lowest BCUT2D eigenvalue weighted by Crippen LogP contribution is -2.59. The smallest absolute Gasteiger partial charge is 0.351 e. The van der Waals surface area contributed by atoms with E-state index in [0.29, 0.717) is 0 Å². The lowest BCUT2D eigenvalue weighted by molar-refractivity contribution is -0.140. The van der Waals surface area contributed by atoms with Gasteiger partial charge in [-0.25, -0.2) is 4.79 Å². The van der Waals surface area contributed by atoms with Gasteiger partial charge in [-0.2, -0.15) is 5.26 Å². The van der Waals surface area contributed by atoms with Gasteiger partial charge in [-0.3, -0.25) is 4.79 Å². The van der Waals surface area contributed by atoms with Gasteiger partial charge >= 0.3 is 5.97 Å². The fourth-order valence-electron chi connectivity index (χ4n) is 3.15. The van der Waals surface area contributed by atoms with Crippen LogP contribution in [-0.4, -0.2) is 24.0 Å². The first-order valence-electron chi connectivity index (χ1n) is 8.12. The Kier molecular flexibility index (Phi) is 4.80. The van der Waals surface area contributed by atoms with Gasteiger partial charge in [-0.1, -0.05) is 43.2 Å². The van der Waals surface area contributed by atoms with E-state index >= 15 is 0 Å². The van der Waals surface area contributed by atoms with E-state index in [1.54, 1.807) is 0 Å². The lowest BCUT2D eigenvalue weighted by atomic mass is 9.88. The summed E-state index contributed by atoms with van der Waals surface area (Å²) in [6.45, 7) is 0.0613. The fourth-order valence-corrected chi connectivity index (χ4v) is 3.15. The standard InChI is InChI=1S/C18H19N3O3/c19-10-13(18(23)24-11-12-6-2-1-3-7-12)16-17(22)21-15-9-5-4-8-14(15)20-16/h1-3,6-7,14-15,20H,4-5,8-9,11H2,(H,21,22)/b16-13-/t14-,15-/m1/s1. The molecule has 3 rings (SSSR count). The molecule has 6 nitrogen and oxygen atoms in total. The minimum Gasteiger partial charge on any atom is -0.457 e. The van der Waals surface area contributed by atoms with Crippen molar-refractivity contribution in [3.63, 3.8) is 0 Å². The van der Waals surface area contributed by atoms with Crippen LogP contribution in [0.3, 0.4) is 0 Å². The number of ether oxygens (including phenoxy) is 1. The third-order valence-electron chi connectivity index (χ3n) is 4.42. The molecule has 1 aliphatic heterocycles. The third kappa shape index (κ3) is 3.40. The molecule has 1 heterocycles. The Morgan fingerprint density at radius 3 is 2.50 bits per heavy atom. The van der Waals surface area contributed by atoms with E-state index in [-0.39, 0.29) is 30.0 Å². The van der Waals surface area contributed by atoms with Crippen molar-refractivity contribution in [2.45, 2.75) is 44.4 Å². The van der Waals surface area contributed by atoms with Crippen molar-refractivity contribution in [3.05, 3.63) is 47.2 Å². The van der Waals surface area contributed by atoms with E-state index in [0.717, 1.165) is 31.2 Å². The van der Waals surface area contributed by atoms with E-state index in [9.17, 15) is 14.9 Å². The zero-order valence-electron chi connectivity index (χ0n) is 13.2. The van der Waals surface area contributed by atoms with Gasteiger partial charge in [0.05, 0.1) is 0 Å². The maximum atomic E-state index is 12.2. The quantitative estimate of drug-likeness (QED) is 0.500. The summed E-state index contributed by atoms with van der Waals surface area (Å²) in [6, 6.07) is 11.1. The highest BCUT2D eigenvalue weighted by Crippen LogP contribution is 2.23. The largest absolute Gasteiger partial charge is 0.457 e. The highest BCUT2D eigenvalue weighted by atomic mass is 16.5. The molecule has 2 N–H and O–H groups in total. The highest BCUT2D eigenvalue weighted by Gasteiger charge is 2.36. The van der Waals surface area contributed by atoms with Gasteiger partial charge in [0.25, 0.3) is 5.91 Å². The summed E-state index contributed by atoms with van der Waals surface area (Å²) in [5.74, 6) is -1.19. The summed E-state index contributed by atoms with van der Waals surface area (Å²) in [7, 11) is 0. The van der Waals surface area contributed by atoms with Crippen LogP contribution >= 0.6 is 0 Å². The number of amides is 1. The number of esters is 1. The van der Waals surface area contributed by atoms with Gasteiger partial charge < -0.3 is 15.4 Å². The molecule has 124 valence electrons. The van der Waals surface area contributed by atoms with Crippen molar-refractivity contribution >= 4 is 11.9 Å². The molecular weight excluding hydrogens is 306 g/mol. The Bertz CT molecular complexity index is 706. The van der Waals surface area contributed by atoms with Crippen LogP contribution in [0.5, 0.6) is 0 Å². The molecule has 1 aromatic rings. The lowest BCUT2D eigenvalue weighted by Gasteiger charge is -2.38. The SMILES string of the molecule is N#C/C(C(=O)OCc1ccccc1)=C1/N[C@@H]2CCCC[C@H]2NC1=O. The molecule has 1 aromatic carbocycles. The number of nitrogens with zero attached hydrogens (tertiary/aromatic N) is 1. The number of nitrogens with one attached hydrogen (secondary N) is 2. The molecule has 1 aliphatic carbocycles. The number of benzene rings is 1. The molecule has 24 heavy (non-hydrogen) atoms. The van der Waals surface area contributed by atoms with Crippen LogP contribution < -0.4 is 10.6 Å². The second kappa shape index (κ2) is 7.18. The first-order chi connectivity index (χ1) is 11.7. The van der Waals surface area contributed by atoms with Crippen molar-refractivity contribution in [1.29, 1.82) is 5.26 Å². The molecule has 0 unspecified atom stereocenters. The van der Waals surface area contributed by atoms with Gasteiger partial charge in [-0.15, -0.1) is 0 Å². The number of nitriles is 1. The summed E-state index contributed by atoms with van der Waals surface area (Å²) in [5.41, 5.74) is 0.577. The molecular formula is C18H19N3O3. The Hall–Kier alpha value is -2.81. The Morgan fingerprint density at radius 1 is 1.17 bits per heavy atom. The molecule has 2 atom stereocenters. The number of hydrogen-bond acceptors (Lipinski definition) is 5. The van der Waals surface area contributed by atoms with Crippen LogP contribution in [0.25, 0.3) is 0 Å². The predicted molar refractivity (Wildman–Crippen MR) is 86.2 cm³/mol. The van der Waals surface area contributed by atoms with E-state index in [4.69, 9.17) is 4.74 Å². The van der Waals surface area contributed by atoms with Crippen LogP contribution in [0, 0.1) is 11.3 Å². The number of carbonyl (C=O) groups is 2. The number of piperazine rings is 1. The fraction of sp³-hybridized carbons (Fsp3) is 0.389. The second-order valence-corrected chi connectivity index (χ2v) is 6.04. The normalized spacial score (nSPS) is 24.7. The summed E-state index contributed by atoms with van der Waals surface area (Å²) < 4.78 is 5.18. The van der Waals surface area contributed by atoms with Crippen molar-refractivity contribution < 1.29 is 14.3 Å². The first kappa shape index (κ1) is 16.1. The topological polar surface area (TPSA) is 91.2 Å². The predicted octanol–water partition coefficient (Wildman–Crippen LogP) is 1.54. The first-order valence-corrected chi connectivity index (χ1v) is 8.12. The average molecular weight is 325 g/mol. The maximum Gasteiger partial charge on any atom is 0.351 e. The van der Waals surface area contributed by atoms with Crippen molar-refractivity contribution in [1.82, 2.24) is 10.6 Å². The summed E-state index contributed by atoms with van der Waals surface area (Å²) in [6.07, 6.45) is 3.97. The van der Waals surface area contributed by atoms with Crippen LogP contribution in [-0.2, 0) is 20.9 Å². The molecule has 0 aromatic heterocycles. The van der Waals surface area contributed by atoms with E-state index < -0.39 is 11.9 Å². The monoisotopic (exact) mass is 325 g/mol. The van der Waals surface area contributed by atoms with Crippen LogP contribution in [0.1, 0.15) is 31.2 Å². The zero-order valence-corrected chi connectivity index (χ0v) is 13.2. The van der Waals surface area contributed by atoms with Crippen LogP contribution in [0.2, 0.25) is 0 Å².